The fourth-order valence-corrected chi connectivity index (χ4v) is 0. The molecule has 0 atom stereocenters. The Morgan fingerprint density at radius 3 is 1.31 bits per heavy atom. The van der Waals surface area contributed by atoms with Gasteiger partial charge in [-0.25, -0.2) is 0 Å². The maximum Gasteiger partial charge on any atom is 1.00 e. The molecule has 13 heavy (non-hydrogen) atoms. The van der Waals surface area contributed by atoms with Crippen LogP contribution in [0.1, 0.15) is 0 Å². The van der Waals surface area contributed by atoms with Crippen LogP contribution in [0.3, 0.4) is 0 Å². The predicted molar refractivity (Wildman–Crippen MR) is 24.3 cm³/mol. The largest absolute Gasteiger partial charge is 1.00 e. The number of carbonyl (C=O) groups is 1. The van der Waals surface area contributed by atoms with Gasteiger partial charge in [-0.1, -0.05) is 0 Å². The van der Waals surface area contributed by atoms with Crippen LogP contribution in [-0.2, 0) is 9.36 Å². The molecule has 0 bridgehead atoms. The number of aliphatic carboxylic acids is 1. The van der Waals surface area contributed by atoms with E-state index in [4.69, 9.17) is 24.4 Å². The maximum atomic E-state index is 9.24. The molecule has 0 aromatic heterocycles. The molecule has 0 saturated carbocycles. The second-order valence-electron chi connectivity index (χ2n) is 1.05. The Labute approximate surface area is 142 Å². The second kappa shape index (κ2) is 17.0. The summed E-state index contributed by atoms with van der Waals surface area (Å²) in [5.41, 5.74) is 4.57. The van der Waals surface area contributed by atoms with Crippen LogP contribution in [0.15, 0.2) is 0 Å². The first-order valence-electron chi connectivity index (χ1n) is 1.92. The monoisotopic (exact) mass is 239 g/mol. The van der Waals surface area contributed by atoms with E-state index in [1.165, 1.54) is 0 Å². The minimum Gasteiger partial charge on any atom is -0.822 e. The summed E-state index contributed by atoms with van der Waals surface area (Å²) >= 11 is 0. The summed E-state index contributed by atoms with van der Waals surface area (Å²) in [5.74, 6) is -0.968. The normalized spacial score (nSPS) is 7.38. The Morgan fingerprint density at radius 2 is 1.31 bits per heavy atom. The molecule has 0 heterocycles. The van der Waals surface area contributed by atoms with Gasteiger partial charge in [0, 0.05) is 0 Å². The van der Waals surface area contributed by atoms with Crippen molar-refractivity contribution < 1.29 is 118 Å². The fraction of sp³-hybridized carbons (Fsp3) is 0.500. The average Bonchev–Trinajstić information content (AvgIpc) is 1.61. The van der Waals surface area contributed by atoms with E-state index in [1.807, 2.05) is 0 Å². The van der Waals surface area contributed by atoms with Crippen LogP contribution >= 0.6 is 7.82 Å². The van der Waals surface area contributed by atoms with Crippen molar-refractivity contribution >= 4 is 13.8 Å². The third-order valence-electron chi connectivity index (χ3n) is 0.175. The Morgan fingerprint density at radius 1 is 1.23 bits per heavy atom. The summed E-state index contributed by atoms with van der Waals surface area (Å²) < 4.78 is 8.55. The molecule has 3 N–H and O–H groups in total. The van der Waals surface area contributed by atoms with E-state index in [2.05, 4.69) is 5.73 Å². The summed E-state index contributed by atoms with van der Waals surface area (Å²) in [4.78, 5) is 34.9. The van der Waals surface area contributed by atoms with Crippen LogP contribution in [0.5, 0.6) is 0 Å². The fourth-order valence-electron chi connectivity index (χ4n) is 0. The molecule has 0 radical (unpaired) electrons. The number of nitrogens with two attached hydrogens (primary N) is 1. The molecule has 0 saturated heterocycles. The number of hydrogen-bond acceptors (Lipinski definition) is 6. The molecule has 0 aliphatic carbocycles. The van der Waals surface area contributed by atoms with Crippen LogP contribution < -0.4 is 109 Å². The summed E-state index contributed by atoms with van der Waals surface area (Å²) in [6.45, 7) is -0.278. The Hall–Kier alpha value is 2.54. The number of carboxylic acids is 1. The van der Waals surface area contributed by atoms with Gasteiger partial charge in [0.25, 0.3) is 0 Å². The molecule has 0 aromatic carbocycles. The van der Waals surface area contributed by atoms with Crippen molar-refractivity contribution in [2.45, 2.75) is 0 Å². The number of phosphoric acid groups is 1. The van der Waals surface area contributed by atoms with Gasteiger partial charge in [0.2, 0.25) is 0 Å². The Balaban J connectivity index is -0.0000000267. The van der Waals surface area contributed by atoms with Gasteiger partial charge >= 0.3 is 94.6 Å². The molecular weight excluding hydrogens is 234 g/mol. The molecule has 0 amide bonds. The van der Waals surface area contributed by atoms with Crippen molar-refractivity contribution in [2.24, 2.45) is 5.73 Å². The topological polar surface area (TPSA) is 150 Å². The minimum absolute atomic E-state index is 0. The summed E-state index contributed by atoms with van der Waals surface area (Å²) in [5, 5.41) is 7.60. The van der Waals surface area contributed by atoms with E-state index >= 15 is 0 Å². The zero-order valence-electron chi connectivity index (χ0n) is 7.72. The molecule has 0 aliphatic heterocycles. The molecule has 62 valence electrons. The third-order valence-corrected chi connectivity index (χ3v) is 0.175. The number of rotatable bonds is 1. The van der Waals surface area contributed by atoms with E-state index in [9.17, 15) is 4.79 Å². The molecule has 7 nitrogen and oxygen atoms in total. The van der Waals surface area contributed by atoms with Crippen molar-refractivity contribution in [3.8, 4) is 0 Å². The van der Waals surface area contributed by atoms with Crippen molar-refractivity contribution in [1.29, 1.82) is 0 Å². The van der Waals surface area contributed by atoms with Crippen LogP contribution in [0.4, 0.5) is 0 Å². The van der Waals surface area contributed by atoms with Gasteiger partial charge in [0.1, 0.15) is 0 Å². The molecule has 0 aliphatic rings. The zero-order valence-corrected chi connectivity index (χ0v) is 14.6. The molecular formula is C2H5NNa3O6P. The van der Waals surface area contributed by atoms with Gasteiger partial charge in [-0.05, 0) is 0 Å². The second-order valence-corrected chi connectivity index (χ2v) is 1.94. The van der Waals surface area contributed by atoms with Crippen LogP contribution in [0.2, 0.25) is 0 Å². The van der Waals surface area contributed by atoms with E-state index in [-0.39, 0.29) is 95.2 Å². The smallest absolute Gasteiger partial charge is 0.822 e. The van der Waals surface area contributed by atoms with E-state index in [0.29, 0.717) is 0 Å². The molecule has 0 unspecified atom stereocenters. The van der Waals surface area contributed by atoms with Crippen molar-refractivity contribution in [1.82, 2.24) is 0 Å². The van der Waals surface area contributed by atoms with Crippen LogP contribution in [-0.4, -0.2) is 17.6 Å². The average molecular weight is 239 g/mol. The standard InChI is InChI=1S/C2H5NO2.3Na.H3O4P/c3-1-2(4)5;;;;1-5(2,3)4/h1,3H2,(H,4,5);;;;(H3,1,2,3,4)/q;3*+1;/p-3. The zero-order chi connectivity index (χ0) is 8.78. The van der Waals surface area contributed by atoms with Crippen molar-refractivity contribution in [2.75, 3.05) is 6.54 Å². The first-order chi connectivity index (χ1) is 4.27. The molecule has 0 rings (SSSR count). The molecule has 0 aromatic rings. The van der Waals surface area contributed by atoms with E-state index in [1.54, 1.807) is 0 Å². The van der Waals surface area contributed by atoms with Gasteiger partial charge < -0.3 is 30.1 Å². The molecule has 11 heteroatoms. The van der Waals surface area contributed by atoms with Crippen LogP contribution in [0.25, 0.3) is 0 Å². The number of carboxylic acid groups (broad SMARTS) is 1. The van der Waals surface area contributed by atoms with Gasteiger partial charge in [-0.15, -0.1) is 0 Å². The number of hydrogen-bond donors (Lipinski definition) is 2. The Kier molecular flexibility index (Phi) is 38.6. The summed E-state index contributed by atoms with van der Waals surface area (Å²) in [7, 11) is -5.39. The summed E-state index contributed by atoms with van der Waals surface area (Å²) in [6.07, 6.45) is 0. The first kappa shape index (κ1) is 29.6. The molecule has 0 spiro atoms. The van der Waals surface area contributed by atoms with E-state index < -0.39 is 13.8 Å². The van der Waals surface area contributed by atoms with E-state index in [0.717, 1.165) is 0 Å². The van der Waals surface area contributed by atoms with Gasteiger partial charge in [0.15, 0.2) is 0 Å². The summed E-state index contributed by atoms with van der Waals surface area (Å²) in [6, 6.07) is 0. The minimum atomic E-state index is -5.39. The predicted octanol–water partition coefficient (Wildman–Crippen LogP) is -12.8. The quantitative estimate of drug-likeness (QED) is 0.340. The SMILES string of the molecule is NCC(=O)O.O=P([O-])([O-])[O-].[Na+].[Na+].[Na+]. The third kappa shape index (κ3) is 111. The Bertz CT molecular complexity index is 141. The molecule has 0 fully saturated rings. The van der Waals surface area contributed by atoms with Gasteiger partial charge in [-0.2, -0.15) is 7.82 Å². The van der Waals surface area contributed by atoms with Crippen molar-refractivity contribution in [3.05, 3.63) is 0 Å². The van der Waals surface area contributed by atoms with Gasteiger partial charge in [-0.3, -0.25) is 4.79 Å². The van der Waals surface area contributed by atoms with Gasteiger partial charge in [0.05, 0.1) is 6.54 Å². The van der Waals surface area contributed by atoms with Crippen LogP contribution in [0, 0.1) is 0 Å². The maximum absolute atomic E-state index is 9.24. The van der Waals surface area contributed by atoms with Crippen molar-refractivity contribution in [3.63, 3.8) is 0 Å². The first-order valence-corrected chi connectivity index (χ1v) is 3.38.